The van der Waals surface area contributed by atoms with Gasteiger partial charge in [-0.1, -0.05) is 6.92 Å². The molecular weight excluding hydrogens is 266 g/mol. The standard InChI is InChI=1S/C16H17N3O2/c1-2-15(11-5-9-14(20)10-6-11)18-19-16(21)12-3-7-13(17)8-4-12/h3-10,20H,2,17H2,1H3,(H,19,21)/b18-15+. The van der Waals surface area contributed by atoms with Gasteiger partial charge in [0.15, 0.2) is 0 Å². The number of nitrogen functional groups attached to an aromatic ring is 1. The normalized spacial score (nSPS) is 11.2. The predicted molar refractivity (Wildman–Crippen MR) is 83.3 cm³/mol. The van der Waals surface area contributed by atoms with Crippen LogP contribution in [0.1, 0.15) is 29.3 Å². The first-order chi connectivity index (χ1) is 10.1. The average Bonchev–Trinajstić information content (AvgIpc) is 2.50. The molecule has 0 aromatic heterocycles. The molecule has 0 aliphatic carbocycles. The number of benzene rings is 2. The van der Waals surface area contributed by atoms with Crippen LogP contribution >= 0.6 is 0 Å². The lowest BCUT2D eigenvalue weighted by Gasteiger charge is -2.06. The van der Waals surface area contributed by atoms with E-state index in [0.717, 1.165) is 11.3 Å². The molecular formula is C16H17N3O2. The first-order valence-corrected chi connectivity index (χ1v) is 6.62. The van der Waals surface area contributed by atoms with E-state index in [4.69, 9.17) is 5.73 Å². The van der Waals surface area contributed by atoms with Crippen molar-refractivity contribution >= 4 is 17.3 Å². The van der Waals surface area contributed by atoms with Crippen LogP contribution in [0.2, 0.25) is 0 Å². The minimum atomic E-state index is -0.292. The van der Waals surface area contributed by atoms with E-state index in [1.807, 2.05) is 6.92 Å². The molecule has 21 heavy (non-hydrogen) atoms. The van der Waals surface area contributed by atoms with E-state index >= 15 is 0 Å². The van der Waals surface area contributed by atoms with Crippen molar-refractivity contribution in [3.63, 3.8) is 0 Å². The lowest BCUT2D eigenvalue weighted by atomic mass is 10.1. The van der Waals surface area contributed by atoms with Gasteiger partial charge in [-0.3, -0.25) is 4.79 Å². The van der Waals surface area contributed by atoms with Crippen molar-refractivity contribution in [3.05, 3.63) is 59.7 Å². The number of carbonyl (C=O) groups excluding carboxylic acids is 1. The minimum absolute atomic E-state index is 0.195. The summed E-state index contributed by atoms with van der Waals surface area (Å²) < 4.78 is 0. The van der Waals surface area contributed by atoms with E-state index in [9.17, 15) is 9.90 Å². The zero-order valence-electron chi connectivity index (χ0n) is 11.7. The first-order valence-electron chi connectivity index (χ1n) is 6.62. The number of hydrogen-bond acceptors (Lipinski definition) is 4. The lowest BCUT2D eigenvalue weighted by Crippen LogP contribution is -2.20. The van der Waals surface area contributed by atoms with Crippen molar-refractivity contribution < 1.29 is 9.90 Å². The van der Waals surface area contributed by atoms with Gasteiger partial charge in [0.2, 0.25) is 0 Å². The van der Waals surface area contributed by atoms with Gasteiger partial charge in [0.05, 0.1) is 5.71 Å². The Hall–Kier alpha value is -2.82. The summed E-state index contributed by atoms with van der Waals surface area (Å²) in [6.45, 7) is 1.95. The van der Waals surface area contributed by atoms with Gasteiger partial charge in [-0.15, -0.1) is 0 Å². The van der Waals surface area contributed by atoms with Gasteiger partial charge in [-0.05, 0) is 60.5 Å². The van der Waals surface area contributed by atoms with Crippen molar-refractivity contribution in [1.82, 2.24) is 5.43 Å². The second-order valence-corrected chi connectivity index (χ2v) is 4.52. The van der Waals surface area contributed by atoms with Crippen LogP contribution in [-0.2, 0) is 0 Å². The number of amides is 1. The molecule has 4 N–H and O–H groups in total. The van der Waals surface area contributed by atoms with E-state index in [-0.39, 0.29) is 11.7 Å². The van der Waals surface area contributed by atoms with Crippen molar-refractivity contribution in [3.8, 4) is 5.75 Å². The molecule has 0 unspecified atom stereocenters. The number of nitrogens with zero attached hydrogens (tertiary/aromatic N) is 1. The Morgan fingerprint density at radius 3 is 2.24 bits per heavy atom. The van der Waals surface area contributed by atoms with E-state index in [0.29, 0.717) is 17.7 Å². The van der Waals surface area contributed by atoms with E-state index < -0.39 is 0 Å². The summed E-state index contributed by atoms with van der Waals surface area (Å²) in [4.78, 5) is 12.0. The van der Waals surface area contributed by atoms with Crippen LogP contribution in [-0.4, -0.2) is 16.7 Å². The summed E-state index contributed by atoms with van der Waals surface area (Å²) in [5.41, 5.74) is 10.8. The molecule has 5 heteroatoms. The second kappa shape index (κ2) is 6.56. The maximum absolute atomic E-state index is 12.0. The molecule has 0 spiro atoms. The zero-order valence-corrected chi connectivity index (χ0v) is 11.7. The van der Waals surface area contributed by atoms with Gasteiger partial charge in [-0.25, -0.2) is 5.43 Å². The number of carbonyl (C=O) groups is 1. The third-order valence-corrected chi connectivity index (χ3v) is 3.00. The predicted octanol–water partition coefficient (Wildman–Crippen LogP) is 2.52. The third-order valence-electron chi connectivity index (χ3n) is 3.00. The number of hydrogen-bond donors (Lipinski definition) is 3. The van der Waals surface area contributed by atoms with Crippen molar-refractivity contribution in [2.45, 2.75) is 13.3 Å². The van der Waals surface area contributed by atoms with E-state index in [2.05, 4.69) is 10.5 Å². The summed E-state index contributed by atoms with van der Waals surface area (Å²) in [5.74, 6) is -0.0974. The zero-order chi connectivity index (χ0) is 15.2. The maximum atomic E-state index is 12.0. The Morgan fingerprint density at radius 2 is 1.67 bits per heavy atom. The number of anilines is 1. The number of nitrogens with two attached hydrogens (primary N) is 1. The highest BCUT2D eigenvalue weighted by molar-refractivity contribution is 6.02. The Bertz CT molecular complexity index is 646. The Kier molecular flexibility index (Phi) is 4.56. The topological polar surface area (TPSA) is 87.7 Å². The molecule has 2 aromatic carbocycles. The Labute approximate surface area is 123 Å². The highest BCUT2D eigenvalue weighted by atomic mass is 16.3. The number of hydrazone groups is 1. The quantitative estimate of drug-likeness (QED) is 0.457. The summed E-state index contributed by atoms with van der Waals surface area (Å²) in [7, 11) is 0. The highest BCUT2D eigenvalue weighted by Crippen LogP contribution is 2.12. The van der Waals surface area contributed by atoms with Gasteiger partial charge in [-0.2, -0.15) is 5.10 Å². The number of rotatable bonds is 4. The smallest absolute Gasteiger partial charge is 0.271 e. The second-order valence-electron chi connectivity index (χ2n) is 4.52. The molecule has 0 saturated heterocycles. The summed E-state index contributed by atoms with van der Waals surface area (Å²) in [5, 5.41) is 13.4. The molecule has 0 atom stereocenters. The van der Waals surface area contributed by atoms with Gasteiger partial charge >= 0.3 is 0 Å². The van der Waals surface area contributed by atoms with Gasteiger partial charge in [0.1, 0.15) is 5.75 Å². The Morgan fingerprint density at radius 1 is 1.10 bits per heavy atom. The van der Waals surface area contributed by atoms with Crippen LogP contribution in [0.4, 0.5) is 5.69 Å². The van der Waals surface area contributed by atoms with Crippen LogP contribution in [0.25, 0.3) is 0 Å². The lowest BCUT2D eigenvalue weighted by molar-refractivity contribution is 0.0955. The molecule has 2 aromatic rings. The largest absolute Gasteiger partial charge is 0.508 e. The monoisotopic (exact) mass is 283 g/mol. The average molecular weight is 283 g/mol. The molecule has 108 valence electrons. The number of phenolic OH excluding ortho intramolecular Hbond substituents is 1. The van der Waals surface area contributed by atoms with Gasteiger partial charge < -0.3 is 10.8 Å². The molecule has 2 rings (SSSR count). The van der Waals surface area contributed by atoms with Crippen molar-refractivity contribution in [2.24, 2.45) is 5.10 Å². The fourth-order valence-corrected chi connectivity index (χ4v) is 1.82. The maximum Gasteiger partial charge on any atom is 0.271 e. The highest BCUT2D eigenvalue weighted by Gasteiger charge is 2.06. The fraction of sp³-hybridized carbons (Fsp3) is 0.125. The third kappa shape index (κ3) is 3.82. The fourth-order valence-electron chi connectivity index (χ4n) is 1.82. The molecule has 0 fully saturated rings. The molecule has 1 amide bonds. The summed E-state index contributed by atoms with van der Waals surface area (Å²) in [6, 6.07) is 13.3. The van der Waals surface area contributed by atoms with Crippen LogP contribution in [0.5, 0.6) is 5.75 Å². The molecule has 0 aliphatic rings. The van der Waals surface area contributed by atoms with Crippen LogP contribution < -0.4 is 11.2 Å². The molecule has 0 aliphatic heterocycles. The van der Waals surface area contributed by atoms with Crippen LogP contribution in [0.3, 0.4) is 0 Å². The number of phenols is 1. The molecule has 5 nitrogen and oxygen atoms in total. The molecule has 0 bridgehead atoms. The minimum Gasteiger partial charge on any atom is -0.508 e. The Balaban J connectivity index is 2.12. The van der Waals surface area contributed by atoms with Crippen molar-refractivity contribution in [1.29, 1.82) is 0 Å². The molecule has 0 saturated carbocycles. The van der Waals surface area contributed by atoms with Gasteiger partial charge in [0, 0.05) is 11.3 Å². The van der Waals surface area contributed by atoms with Gasteiger partial charge in [0.25, 0.3) is 5.91 Å². The molecule has 0 heterocycles. The van der Waals surface area contributed by atoms with Crippen LogP contribution in [0.15, 0.2) is 53.6 Å². The summed E-state index contributed by atoms with van der Waals surface area (Å²) in [6.07, 6.45) is 0.660. The van der Waals surface area contributed by atoms with Crippen LogP contribution in [0, 0.1) is 0 Å². The molecule has 0 radical (unpaired) electrons. The summed E-state index contributed by atoms with van der Waals surface area (Å²) >= 11 is 0. The SMILES string of the molecule is CC/C(=N\NC(=O)c1ccc(N)cc1)c1ccc(O)cc1. The first kappa shape index (κ1) is 14.6. The number of aromatic hydroxyl groups is 1. The van der Waals surface area contributed by atoms with E-state index in [1.165, 1.54) is 0 Å². The number of nitrogens with one attached hydrogen (secondary N) is 1. The van der Waals surface area contributed by atoms with Crippen molar-refractivity contribution in [2.75, 3.05) is 5.73 Å². The van der Waals surface area contributed by atoms with E-state index in [1.54, 1.807) is 48.5 Å².